The van der Waals surface area contributed by atoms with E-state index >= 15 is 0 Å². The smallest absolute Gasteiger partial charge is 0.246 e. The molecule has 3 aromatic rings. The highest BCUT2D eigenvalue weighted by Crippen LogP contribution is 2.33. The van der Waals surface area contributed by atoms with Crippen molar-refractivity contribution in [3.63, 3.8) is 0 Å². The molecule has 0 radical (unpaired) electrons. The van der Waals surface area contributed by atoms with Gasteiger partial charge in [0.1, 0.15) is 4.90 Å². The van der Waals surface area contributed by atoms with Gasteiger partial charge in [-0.2, -0.15) is 4.31 Å². The summed E-state index contributed by atoms with van der Waals surface area (Å²) in [5.41, 5.74) is 4.16. The summed E-state index contributed by atoms with van der Waals surface area (Å²) in [6.45, 7) is 2.24. The van der Waals surface area contributed by atoms with Crippen molar-refractivity contribution in [1.82, 2.24) is 14.5 Å². The molecule has 0 bridgehead atoms. The Bertz CT molecular complexity index is 1480. The minimum absolute atomic E-state index is 0.0855. The van der Waals surface area contributed by atoms with Gasteiger partial charge in [-0.25, -0.2) is 8.42 Å². The van der Waals surface area contributed by atoms with Crippen LogP contribution < -0.4 is 5.32 Å². The van der Waals surface area contributed by atoms with Crippen LogP contribution in [0.3, 0.4) is 0 Å². The summed E-state index contributed by atoms with van der Waals surface area (Å²) >= 11 is 12.3. The normalized spacial score (nSPS) is 16.9. The number of sulfonamides is 1. The molecule has 0 spiro atoms. The number of hydrogen-bond acceptors (Lipinski definition) is 4. The van der Waals surface area contributed by atoms with Crippen molar-refractivity contribution in [1.29, 1.82) is 0 Å². The van der Waals surface area contributed by atoms with Crippen LogP contribution in [0.5, 0.6) is 0 Å². The van der Waals surface area contributed by atoms with Gasteiger partial charge in [-0.15, -0.1) is 0 Å². The zero-order chi connectivity index (χ0) is 28.3. The summed E-state index contributed by atoms with van der Waals surface area (Å²) in [5, 5.41) is 3.22. The first kappa shape index (κ1) is 28.6. The van der Waals surface area contributed by atoms with E-state index in [4.69, 9.17) is 23.2 Å². The molecule has 40 heavy (non-hydrogen) atoms. The van der Waals surface area contributed by atoms with E-state index in [1.807, 2.05) is 41.3 Å². The van der Waals surface area contributed by atoms with Gasteiger partial charge in [-0.3, -0.25) is 9.59 Å². The van der Waals surface area contributed by atoms with E-state index in [9.17, 15) is 18.0 Å². The molecule has 210 valence electrons. The topological polar surface area (TPSA) is 86.8 Å². The summed E-state index contributed by atoms with van der Waals surface area (Å²) in [7, 11) is -3.86. The molecule has 2 amide bonds. The maximum Gasteiger partial charge on any atom is 0.246 e. The molecule has 2 fully saturated rings. The highest BCUT2D eigenvalue weighted by molar-refractivity contribution is 7.89. The Kier molecular flexibility index (Phi) is 8.80. The predicted octanol–water partition coefficient (Wildman–Crippen LogP) is 5.50. The van der Waals surface area contributed by atoms with Crippen molar-refractivity contribution in [2.45, 2.75) is 43.7 Å². The fraction of sp³-hybridized carbons (Fsp3) is 0.333. The molecule has 3 aromatic carbocycles. The molecule has 2 aliphatic heterocycles. The van der Waals surface area contributed by atoms with Crippen molar-refractivity contribution in [3.8, 4) is 11.1 Å². The number of rotatable bonds is 8. The number of nitrogens with one attached hydrogen (secondary N) is 1. The van der Waals surface area contributed by atoms with E-state index in [2.05, 4.69) is 17.4 Å². The second-order valence-corrected chi connectivity index (χ2v) is 12.9. The molecule has 1 N–H and O–H groups in total. The molecule has 0 atom stereocenters. The average Bonchev–Trinajstić information content (AvgIpc) is 3.36. The van der Waals surface area contributed by atoms with Gasteiger partial charge in [0.25, 0.3) is 0 Å². The van der Waals surface area contributed by atoms with Gasteiger partial charge in [-0.1, -0.05) is 77.8 Å². The van der Waals surface area contributed by atoms with Gasteiger partial charge in [0.2, 0.25) is 21.8 Å². The molecule has 10 heteroatoms. The van der Waals surface area contributed by atoms with Gasteiger partial charge < -0.3 is 10.2 Å². The first-order valence-electron chi connectivity index (χ1n) is 13.4. The van der Waals surface area contributed by atoms with Crippen molar-refractivity contribution >= 4 is 45.0 Å². The SMILES string of the molecule is O=C(NCc1ccccc1-c1ccc(CN2CCCC2=O)cc1)C1CCN(S(=O)(=O)c2c(Cl)cccc2Cl)CC1. The van der Waals surface area contributed by atoms with Crippen LogP contribution in [-0.2, 0) is 32.7 Å². The minimum Gasteiger partial charge on any atom is -0.352 e. The van der Waals surface area contributed by atoms with Crippen molar-refractivity contribution in [2.75, 3.05) is 19.6 Å². The number of amides is 2. The van der Waals surface area contributed by atoms with Gasteiger partial charge in [0, 0.05) is 45.1 Å². The predicted molar refractivity (Wildman–Crippen MR) is 156 cm³/mol. The lowest BCUT2D eigenvalue weighted by atomic mass is 9.96. The first-order valence-corrected chi connectivity index (χ1v) is 15.6. The van der Waals surface area contributed by atoms with E-state index in [-0.39, 0.29) is 45.8 Å². The molecule has 2 aliphatic rings. The lowest BCUT2D eigenvalue weighted by Crippen LogP contribution is -2.43. The molecular formula is C30H31Cl2N3O4S. The number of piperidine rings is 1. The third kappa shape index (κ3) is 6.20. The number of benzene rings is 3. The summed E-state index contributed by atoms with van der Waals surface area (Å²) in [6.07, 6.45) is 2.38. The molecule has 0 unspecified atom stereocenters. The van der Waals surface area contributed by atoms with Crippen LogP contribution in [0, 0.1) is 5.92 Å². The van der Waals surface area contributed by atoms with Gasteiger partial charge >= 0.3 is 0 Å². The quantitative estimate of drug-likeness (QED) is 0.370. The lowest BCUT2D eigenvalue weighted by Gasteiger charge is -2.31. The van der Waals surface area contributed by atoms with Crippen LogP contribution in [0.1, 0.15) is 36.8 Å². The second-order valence-electron chi connectivity index (χ2n) is 10.2. The molecule has 0 aromatic heterocycles. The molecule has 0 saturated carbocycles. The van der Waals surface area contributed by atoms with Crippen LogP contribution in [0.25, 0.3) is 11.1 Å². The van der Waals surface area contributed by atoms with Crippen molar-refractivity contribution < 1.29 is 18.0 Å². The molecule has 7 nitrogen and oxygen atoms in total. The number of nitrogens with zero attached hydrogens (tertiary/aromatic N) is 2. The lowest BCUT2D eigenvalue weighted by molar-refractivity contribution is -0.128. The monoisotopic (exact) mass is 599 g/mol. The van der Waals surface area contributed by atoms with E-state index in [0.29, 0.717) is 32.4 Å². The average molecular weight is 601 g/mol. The van der Waals surface area contributed by atoms with Crippen LogP contribution in [-0.4, -0.2) is 49.1 Å². The number of likely N-dealkylation sites (tertiary alicyclic amines) is 1. The van der Waals surface area contributed by atoms with Gasteiger partial charge in [0.05, 0.1) is 10.0 Å². The summed E-state index contributed by atoms with van der Waals surface area (Å²) < 4.78 is 27.6. The number of carbonyl (C=O) groups is 2. The van der Waals surface area contributed by atoms with E-state index < -0.39 is 10.0 Å². The maximum absolute atomic E-state index is 13.1. The number of halogens is 2. The Morgan fingerprint density at radius 1 is 0.900 bits per heavy atom. The largest absolute Gasteiger partial charge is 0.352 e. The minimum atomic E-state index is -3.86. The zero-order valence-corrected chi connectivity index (χ0v) is 24.3. The maximum atomic E-state index is 13.1. The zero-order valence-electron chi connectivity index (χ0n) is 22.0. The molecule has 0 aliphatic carbocycles. The second kappa shape index (κ2) is 12.3. The van der Waals surface area contributed by atoms with Crippen LogP contribution in [0.15, 0.2) is 71.6 Å². The summed E-state index contributed by atoms with van der Waals surface area (Å²) in [5.74, 6) is -0.163. The molecule has 2 saturated heterocycles. The highest BCUT2D eigenvalue weighted by atomic mass is 35.5. The van der Waals surface area contributed by atoms with Crippen molar-refractivity contribution in [3.05, 3.63) is 87.9 Å². The molecule has 2 heterocycles. The third-order valence-electron chi connectivity index (χ3n) is 7.62. The fourth-order valence-electron chi connectivity index (χ4n) is 5.38. The van der Waals surface area contributed by atoms with E-state index in [1.165, 1.54) is 16.4 Å². The standard InChI is InChI=1S/C30H31Cl2N3O4S/c31-26-7-3-8-27(32)29(26)40(38,39)35-17-14-23(15-18-35)30(37)33-19-24-5-1-2-6-25(24)22-12-10-21(11-13-22)20-34-16-4-9-28(34)36/h1-3,5-8,10-13,23H,4,9,14-20H2,(H,33,37). The van der Waals surface area contributed by atoms with Gasteiger partial charge in [0.15, 0.2) is 0 Å². The summed E-state index contributed by atoms with van der Waals surface area (Å²) in [4.78, 5) is 26.8. The Hall–Kier alpha value is -2.91. The highest BCUT2D eigenvalue weighted by Gasteiger charge is 2.34. The van der Waals surface area contributed by atoms with Gasteiger partial charge in [-0.05, 0) is 53.6 Å². The van der Waals surface area contributed by atoms with Crippen molar-refractivity contribution in [2.24, 2.45) is 5.92 Å². The Morgan fingerprint density at radius 2 is 1.57 bits per heavy atom. The Balaban J connectivity index is 1.18. The summed E-state index contributed by atoms with van der Waals surface area (Å²) in [6, 6.07) is 20.8. The first-order chi connectivity index (χ1) is 19.2. The Morgan fingerprint density at radius 3 is 2.23 bits per heavy atom. The Labute approximate surface area is 245 Å². The van der Waals surface area contributed by atoms with Crippen LogP contribution >= 0.6 is 23.2 Å². The number of carbonyl (C=O) groups excluding carboxylic acids is 2. The third-order valence-corrected chi connectivity index (χ3v) is 10.5. The van der Waals surface area contributed by atoms with Crippen LogP contribution in [0.4, 0.5) is 0 Å². The number of hydrogen-bond donors (Lipinski definition) is 1. The fourth-order valence-corrected chi connectivity index (χ4v) is 7.94. The molecule has 5 rings (SSSR count). The van der Waals surface area contributed by atoms with E-state index in [1.54, 1.807) is 6.07 Å². The van der Waals surface area contributed by atoms with Crippen LogP contribution in [0.2, 0.25) is 10.0 Å². The van der Waals surface area contributed by atoms with E-state index in [0.717, 1.165) is 35.2 Å². The molecular weight excluding hydrogens is 569 g/mol.